The first kappa shape index (κ1) is 20.8. The fraction of sp³-hybridized carbons (Fsp3) is 0.200. The van der Waals surface area contributed by atoms with Crippen LogP contribution in [0.15, 0.2) is 42.9 Å². The van der Waals surface area contributed by atoms with Gasteiger partial charge in [0.1, 0.15) is 25.2 Å². The van der Waals surface area contributed by atoms with Crippen LogP contribution in [0.1, 0.15) is 10.4 Å². The van der Waals surface area contributed by atoms with Crippen molar-refractivity contribution in [2.24, 2.45) is 7.05 Å². The van der Waals surface area contributed by atoms with E-state index < -0.39 is 24.5 Å². The molecule has 0 aliphatic carbocycles. The number of nitrogens with one attached hydrogen (secondary N) is 2. The summed E-state index contributed by atoms with van der Waals surface area (Å²) in [6, 6.07) is 7.09. The van der Waals surface area contributed by atoms with Crippen molar-refractivity contribution in [2.75, 3.05) is 25.1 Å². The van der Waals surface area contributed by atoms with E-state index in [0.29, 0.717) is 36.2 Å². The van der Waals surface area contributed by atoms with E-state index in [-0.39, 0.29) is 11.3 Å². The summed E-state index contributed by atoms with van der Waals surface area (Å²) in [5.41, 5.74) is 0.770. The van der Waals surface area contributed by atoms with Crippen LogP contribution in [0.25, 0.3) is 11.5 Å². The van der Waals surface area contributed by atoms with Gasteiger partial charge in [-0.2, -0.15) is 0 Å². The number of hydrogen-bond acceptors (Lipinski definition) is 9. The summed E-state index contributed by atoms with van der Waals surface area (Å²) in [5.74, 6) is -0.178. The third kappa shape index (κ3) is 4.64. The lowest BCUT2D eigenvalue weighted by molar-refractivity contribution is -0.123. The van der Waals surface area contributed by atoms with Crippen molar-refractivity contribution in [3.8, 4) is 23.0 Å². The molecular weight excluding hydrogens is 420 g/mol. The van der Waals surface area contributed by atoms with Crippen LogP contribution in [0.3, 0.4) is 0 Å². The van der Waals surface area contributed by atoms with E-state index in [1.54, 1.807) is 35.9 Å². The molecule has 0 saturated heterocycles. The fourth-order valence-electron chi connectivity index (χ4n) is 2.90. The number of hydrogen-bond donors (Lipinski definition) is 2. The fourth-order valence-corrected chi connectivity index (χ4v) is 2.90. The average Bonchev–Trinajstić information content (AvgIpc) is 3.23. The van der Waals surface area contributed by atoms with Gasteiger partial charge in [0.25, 0.3) is 5.91 Å². The minimum absolute atomic E-state index is 0.108. The van der Waals surface area contributed by atoms with E-state index in [4.69, 9.17) is 14.2 Å². The molecule has 12 heteroatoms. The van der Waals surface area contributed by atoms with Gasteiger partial charge in [0, 0.05) is 25.0 Å². The molecule has 0 saturated carbocycles. The monoisotopic (exact) mass is 438 g/mol. The lowest BCUT2D eigenvalue weighted by atomic mass is 10.2. The molecule has 1 aromatic carbocycles. The number of imide groups is 1. The maximum Gasteiger partial charge on any atom is 0.340 e. The van der Waals surface area contributed by atoms with E-state index in [9.17, 15) is 14.4 Å². The minimum atomic E-state index is -0.808. The Labute approximate surface area is 181 Å². The third-order valence-corrected chi connectivity index (χ3v) is 4.34. The summed E-state index contributed by atoms with van der Waals surface area (Å²) < 4.78 is 17.5. The van der Waals surface area contributed by atoms with Crippen LogP contribution in [-0.2, 0) is 16.6 Å². The quantitative estimate of drug-likeness (QED) is 0.560. The van der Waals surface area contributed by atoms with Crippen molar-refractivity contribution in [3.63, 3.8) is 0 Å². The van der Waals surface area contributed by atoms with Gasteiger partial charge in [-0.25, -0.2) is 9.59 Å². The maximum atomic E-state index is 12.5. The Morgan fingerprint density at radius 3 is 2.75 bits per heavy atom. The molecule has 12 nitrogen and oxygen atoms in total. The predicted molar refractivity (Wildman–Crippen MR) is 109 cm³/mol. The highest BCUT2D eigenvalue weighted by atomic mass is 16.6. The molecular formula is C20H18N6O6. The van der Waals surface area contributed by atoms with E-state index in [1.807, 2.05) is 0 Å². The second kappa shape index (κ2) is 9.12. The van der Waals surface area contributed by atoms with Crippen LogP contribution < -0.4 is 20.1 Å². The summed E-state index contributed by atoms with van der Waals surface area (Å²) in [6.07, 6.45) is 2.96. The van der Waals surface area contributed by atoms with Crippen LogP contribution in [0.2, 0.25) is 0 Å². The largest absolute Gasteiger partial charge is 0.486 e. The molecule has 0 unspecified atom stereocenters. The van der Waals surface area contributed by atoms with Gasteiger partial charge in [-0.05, 0) is 24.3 Å². The molecule has 4 rings (SSSR count). The number of fused-ring (bicyclic) bond motifs is 1. The zero-order valence-electron chi connectivity index (χ0n) is 16.9. The molecule has 2 N–H and O–H groups in total. The second-order valence-corrected chi connectivity index (χ2v) is 6.60. The van der Waals surface area contributed by atoms with Gasteiger partial charge in [-0.3, -0.25) is 15.1 Å². The maximum absolute atomic E-state index is 12.5. The zero-order valence-corrected chi connectivity index (χ0v) is 16.9. The topological polar surface area (TPSA) is 147 Å². The first-order chi connectivity index (χ1) is 15.5. The number of pyridine rings is 1. The highest BCUT2D eigenvalue weighted by molar-refractivity contribution is 6.03. The number of benzene rings is 1. The lowest BCUT2D eigenvalue weighted by Crippen LogP contribution is -2.37. The zero-order chi connectivity index (χ0) is 22.5. The van der Waals surface area contributed by atoms with Crippen molar-refractivity contribution in [1.29, 1.82) is 0 Å². The van der Waals surface area contributed by atoms with Crippen LogP contribution in [0, 0.1) is 0 Å². The summed E-state index contributed by atoms with van der Waals surface area (Å²) in [7, 11) is 1.70. The van der Waals surface area contributed by atoms with Gasteiger partial charge in [-0.15, -0.1) is 10.2 Å². The van der Waals surface area contributed by atoms with Gasteiger partial charge < -0.3 is 24.1 Å². The number of esters is 1. The molecule has 0 radical (unpaired) electrons. The number of urea groups is 1. The van der Waals surface area contributed by atoms with Gasteiger partial charge in [0.15, 0.2) is 23.9 Å². The normalized spacial score (nSPS) is 12.0. The molecule has 32 heavy (non-hydrogen) atoms. The molecule has 0 atom stereocenters. The van der Waals surface area contributed by atoms with Gasteiger partial charge in [-0.1, -0.05) is 0 Å². The number of amides is 3. The highest BCUT2D eigenvalue weighted by Crippen LogP contribution is 2.32. The molecule has 1 aliphatic heterocycles. The number of aromatic nitrogens is 4. The molecule has 164 valence electrons. The molecule has 3 aromatic rings. The summed E-state index contributed by atoms with van der Waals surface area (Å²) >= 11 is 0. The Hall–Kier alpha value is -4.48. The Morgan fingerprint density at radius 1 is 1.16 bits per heavy atom. The van der Waals surface area contributed by atoms with Crippen molar-refractivity contribution < 1.29 is 28.6 Å². The minimum Gasteiger partial charge on any atom is -0.486 e. The van der Waals surface area contributed by atoms with Crippen molar-refractivity contribution in [1.82, 2.24) is 25.1 Å². The Kier molecular flexibility index (Phi) is 5.92. The molecule has 0 bridgehead atoms. The van der Waals surface area contributed by atoms with Gasteiger partial charge in [0.2, 0.25) is 0 Å². The Bertz CT molecular complexity index is 1180. The highest BCUT2D eigenvalue weighted by Gasteiger charge is 2.20. The summed E-state index contributed by atoms with van der Waals surface area (Å²) in [6.45, 7) is 0.189. The number of ether oxygens (including phenoxy) is 3. The van der Waals surface area contributed by atoms with Crippen LogP contribution >= 0.6 is 0 Å². The Balaban J connectivity index is 1.32. The first-order valence-electron chi connectivity index (χ1n) is 9.48. The summed E-state index contributed by atoms with van der Waals surface area (Å²) in [5, 5.41) is 12.3. The van der Waals surface area contributed by atoms with Crippen LogP contribution in [-0.4, -0.2) is 57.5 Å². The van der Waals surface area contributed by atoms with E-state index in [1.165, 1.54) is 18.6 Å². The smallest absolute Gasteiger partial charge is 0.340 e. The van der Waals surface area contributed by atoms with Crippen molar-refractivity contribution >= 4 is 23.6 Å². The second-order valence-electron chi connectivity index (χ2n) is 6.60. The number of carbonyl (C=O) groups is 3. The van der Waals surface area contributed by atoms with Gasteiger partial charge in [0.05, 0.1) is 5.56 Å². The van der Waals surface area contributed by atoms with Crippen molar-refractivity contribution in [3.05, 3.63) is 48.4 Å². The molecule has 0 spiro atoms. The SMILES string of the molecule is Cn1cnnc1-c1ncccc1C(=O)OCC(=O)NC(=O)Nc1ccc2c(c1)OCCO2. The van der Waals surface area contributed by atoms with Crippen LogP contribution in [0.4, 0.5) is 10.5 Å². The lowest BCUT2D eigenvalue weighted by Gasteiger charge is -2.19. The van der Waals surface area contributed by atoms with E-state index in [0.717, 1.165) is 0 Å². The molecule has 1 aliphatic rings. The number of nitrogens with zero attached hydrogens (tertiary/aromatic N) is 4. The number of rotatable bonds is 5. The Morgan fingerprint density at radius 2 is 1.97 bits per heavy atom. The van der Waals surface area contributed by atoms with E-state index in [2.05, 4.69) is 25.8 Å². The standard InChI is InChI=1S/C20H18N6O6/c1-26-11-22-25-18(26)17-13(3-2-6-21-17)19(28)32-10-16(27)24-20(29)23-12-4-5-14-15(9-12)31-8-7-30-14/h2-6,9,11H,7-8,10H2,1H3,(H2,23,24,27,29). The van der Waals surface area contributed by atoms with Crippen LogP contribution in [0.5, 0.6) is 11.5 Å². The molecule has 3 amide bonds. The third-order valence-electron chi connectivity index (χ3n) is 4.34. The predicted octanol–water partition coefficient (Wildman–Crippen LogP) is 1.15. The number of aryl methyl sites for hydroxylation is 1. The first-order valence-corrected chi connectivity index (χ1v) is 9.48. The van der Waals surface area contributed by atoms with E-state index >= 15 is 0 Å². The van der Waals surface area contributed by atoms with Crippen molar-refractivity contribution in [2.45, 2.75) is 0 Å². The van der Waals surface area contributed by atoms with Gasteiger partial charge >= 0.3 is 12.0 Å². The molecule has 3 heterocycles. The number of anilines is 1. The summed E-state index contributed by atoms with van der Waals surface area (Å²) in [4.78, 5) is 40.7. The molecule has 0 fully saturated rings. The number of carbonyl (C=O) groups excluding carboxylic acids is 3. The average molecular weight is 438 g/mol. The molecule has 2 aromatic heterocycles.